The number of nitrogens with one attached hydrogen (secondary N) is 1. The van der Waals surface area contributed by atoms with E-state index in [1.165, 1.54) is 51.5 Å². The van der Waals surface area contributed by atoms with Crippen molar-refractivity contribution in [2.24, 2.45) is 11.8 Å². The Kier molecular flexibility index (Phi) is 3.26. The minimum absolute atomic E-state index is 0.874. The lowest BCUT2D eigenvalue weighted by molar-refractivity contribution is 0.259. The van der Waals surface area contributed by atoms with Gasteiger partial charge in [-0.05, 0) is 37.6 Å². The van der Waals surface area contributed by atoms with E-state index in [1.54, 1.807) is 0 Å². The third kappa shape index (κ3) is 2.70. The van der Waals surface area contributed by atoms with Gasteiger partial charge in [-0.1, -0.05) is 32.6 Å². The Labute approximate surface area is 82.3 Å². The van der Waals surface area contributed by atoms with Crippen LogP contribution in [0.5, 0.6) is 0 Å². The van der Waals surface area contributed by atoms with Gasteiger partial charge in [0, 0.05) is 6.04 Å². The average molecular weight is 181 g/mol. The summed E-state index contributed by atoms with van der Waals surface area (Å²) in [5, 5.41) is 3.62. The van der Waals surface area contributed by atoms with E-state index in [0.717, 1.165) is 17.9 Å². The van der Waals surface area contributed by atoms with Crippen molar-refractivity contribution in [3.63, 3.8) is 0 Å². The third-order valence-corrected chi connectivity index (χ3v) is 3.92. The molecule has 1 nitrogen and oxygen atoms in total. The van der Waals surface area contributed by atoms with Crippen molar-refractivity contribution in [1.82, 2.24) is 5.32 Å². The molecule has 2 aliphatic rings. The molecule has 1 N–H and O–H groups in total. The molecule has 0 spiro atoms. The second-order valence-corrected chi connectivity index (χ2v) is 5.15. The van der Waals surface area contributed by atoms with Gasteiger partial charge in [-0.25, -0.2) is 0 Å². The highest BCUT2D eigenvalue weighted by Gasteiger charge is 2.23. The van der Waals surface area contributed by atoms with Crippen molar-refractivity contribution in [3.05, 3.63) is 0 Å². The smallest absolute Gasteiger partial charge is 0.00701 e. The Bertz CT molecular complexity index is 141. The molecular weight excluding hydrogens is 158 g/mol. The first-order valence-corrected chi connectivity index (χ1v) is 6.08. The van der Waals surface area contributed by atoms with Crippen LogP contribution >= 0.6 is 0 Å². The zero-order valence-corrected chi connectivity index (χ0v) is 8.89. The molecule has 0 amide bonds. The predicted octanol–water partition coefficient (Wildman–Crippen LogP) is 2.95. The molecule has 1 aliphatic carbocycles. The monoisotopic (exact) mass is 181 g/mol. The predicted molar refractivity (Wildman–Crippen MR) is 56.8 cm³/mol. The summed E-state index contributed by atoms with van der Waals surface area (Å²) in [5.74, 6) is 2.06. The van der Waals surface area contributed by atoms with Gasteiger partial charge in [0.25, 0.3) is 0 Å². The van der Waals surface area contributed by atoms with E-state index in [0.29, 0.717) is 0 Å². The zero-order valence-electron chi connectivity index (χ0n) is 8.89. The van der Waals surface area contributed by atoms with Crippen molar-refractivity contribution in [1.29, 1.82) is 0 Å². The van der Waals surface area contributed by atoms with E-state index >= 15 is 0 Å². The number of hydrogen-bond donors (Lipinski definition) is 1. The third-order valence-electron chi connectivity index (χ3n) is 3.92. The fraction of sp³-hybridized carbons (Fsp3) is 1.00. The molecule has 1 saturated carbocycles. The Morgan fingerprint density at radius 2 is 1.85 bits per heavy atom. The molecule has 0 aromatic rings. The van der Waals surface area contributed by atoms with Gasteiger partial charge in [-0.15, -0.1) is 0 Å². The van der Waals surface area contributed by atoms with Crippen LogP contribution < -0.4 is 5.32 Å². The van der Waals surface area contributed by atoms with Gasteiger partial charge in [-0.3, -0.25) is 0 Å². The van der Waals surface area contributed by atoms with Crippen molar-refractivity contribution in [2.45, 2.75) is 57.9 Å². The van der Waals surface area contributed by atoms with E-state index in [4.69, 9.17) is 0 Å². The van der Waals surface area contributed by atoms with Crippen LogP contribution in [0.3, 0.4) is 0 Å². The molecule has 1 heteroatoms. The van der Waals surface area contributed by atoms with Crippen molar-refractivity contribution >= 4 is 0 Å². The highest BCUT2D eigenvalue weighted by molar-refractivity contribution is 4.79. The summed E-state index contributed by atoms with van der Waals surface area (Å²) in [6, 6.07) is 0.874. The van der Waals surface area contributed by atoms with Crippen LogP contribution in [-0.2, 0) is 0 Å². The van der Waals surface area contributed by atoms with Crippen LogP contribution in [0.15, 0.2) is 0 Å². The van der Waals surface area contributed by atoms with Crippen molar-refractivity contribution in [2.75, 3.05) is 6.54 Å². The van der Waals surface area contributed by atoms with Gasteiger partial charge in [-0.2, -0.15) is 0 Å². The van der Waals surface area contributed by atoms with E-state index in [2.05, 4.69) is 12.2 Å². The molecule has 0 aromatic carbocycles. The second kappa shape index (κ2) is 4.45. The standard InChI is InChI=1S/C12H23N/c1-10-4-6-11(7-5-10)9-12-3-2-8-13-12/h10-13H,2-9H2,1H3. The molecule has 1 atom stereocenters. The van der Waals surface area contributed by atoms with Crippen LogP contribution in [0.2, 0.25) is 0 Å². The number of rotatable bonds is 2. The summed E-state index contributed by atoms with van der Waals surface area (Å²) in [7, 11) is 0. The van der Waals surface area contributed by atoms with Gasteiger partial charge in [0.1, 0.15) is 0 Å². The Morgan fingerprint density at radius 1 is 1.08 bits per heavy atom. The van der Waals surface area contributed by atoms with Gasteiger partial charge < -0.3 is 5.32 Å². The Balaban J connectivity index is 1.69. The molecule has 76 valence electrons. The van der Waals surface area contributed by atoms with Crippen LogP contribution in [0.25, 0.3) is 0 Å². The van der Waals surface area contributed by atoms with E-state index in [1.807, 2.05) is 0 Å². The molecule has 0 bridgehead atoms. The maximum Gasteiger partial charge on any atom is 0.00701 e. The zero-order chi connectivity index (χ0) is 9.10. The molecule has 0 aromatic heterocycles. The highest BCUT2D eigenvalue weighted by Crippen LogP contribution is 2.32. The van der Waals surface area contributed by atoms with E-state index in [-0.39, 0.29) is 0 Å². The molecule has 1 saturated heterocycles. The van der Waals surface area contributed by atoms with Gasteiger partial charge >= 0.3 is 0 Å². The lowest BCUT2D eigenvalue weighted by Crippen LogP contribution is -2.26. The summed E-state index contributed by atoms with van der Waals surface area (Å²) < 4.78 is 0. The Morgan fingerprint density at radius 3 is 2.46 bits per heavy atom. The quantitative estimate of drug-likeness (QED) is 0.690. The van der Waals surface area contributed by atoms with Gasteiger partial charge in [0.05, 0.1) is 0 Å². The molecule has 13 heavy (non-hydrogen) atoms. The fourth-order valence-corrected chi connectivity index (χ4v) is 2.93. The summed E-state index contributed by atoms with van der Waals surface area (Å²) in [6.45, 7) is 3.68. The molecule has 0 radical (unpaired) electrons. The maximum absolute atomic E-state index is 3.62. The van der Waals surface area contributed by atoms with E-state index in [9.17, 15) is 0 Å². The molecule has 1 unspecified atom stereocenters. The minimum Gasteiger partial charge on any atom is -0.314 e. The maximum atomic E-state index is 3.62. The summed E-state index contributed by atoms with van der Waals surface area (Å²) >= 11 is 0. The number of hydrogen-bond acceptors (Lipinski definition) is 1. The van der Waals surface area contributed by atoms with Crippen molar-refractivity contribution < 1.29 is 0 Å². The molecule has 1 aliphatic heterocycles. The Hall–Kier alpha value is -0.0400. The molecule has 1 heterocycles. The molecular formula is C12H23N. The lowest BCUT2D eigenvalue weighted by atomic mass is 9.80. The van der Waals surface area contributed by atoms with Gasteiger partial charge in [0.2, 0.25) is 0 Å². The normalized spacial score (nSPS) is 40.8. The first-order valence-electron chi connectivity index (χ1n) is 6.08. The lowest BCUT2D eigenvalue weighted by Gasteiger charge is -2.28. The summed E-state index contributed by atoms with van der Waals surface area (Å²) in [5.41, 5.74) is 0. The minimum atomic E-state index is 0.874. The van der Waals surface area contributed by atoms with Crippen LogP contribution in [-0.4, -0.2) is 12.6 Å². The summed E-state index contributed by atoms with van der Waals surface area (Å²) in [6.07, 6.45) is 10.3. The van der Waals surface area contributed by atoms with E-state index < -0.39 is 0 Å². The first-order chi connectivity index (χ1) is 6.34. The fourth-order valence-electron chi connectivity index (χ4n) is 2.93. The average Bonchev–Trinajstić information content (AvgIpc) is 2.62. The van der Waals surface area contributed by atoms with Crippen LogP contribution in [0.1, 0.15) is 51.9 Å². The summed E-state index contributed by atoms with van der Waals surface area (Å²) in [4.78, 5) is 0. The molecule has 2 rings (SSSR count). The topological polar surface area (TPSA) is 12.0 Å². The largest absolute Gasteiger partial charge is 0.314 e. The van der Waals surface area contributed by atoms with Crippen LogP contribution in [0, 0.1) is 11.8 Å². The first kappa shape index (κ1) is 9.51. The highest BCUT2D eigenvalue weighted by atomic mass is 14.9. The SMILES string of the molecule is CC1CCC(CC2CCCN2)CC1. The van der Waals surface area contributed by atoms with Crippen LogP contribution in [0.4, 0.5) is 0 Å². The van der Waals surface area contributed by atoms with Gasteiger partial charge in [0.15, 0.2) is 0 Å². The molecule has 2 fully saturated rings. The second-order valence-electron chi connectivity index (χ2n) is 5.15. The van der Waals surface area contributed by atoms with Crippen molar-refractivity contribution in [3.8, 4) is 0 Å².